The number of benzene rings is 1. The summed E-state index contributed by atoms with van der Waals surface area (Å²) in [6.07, 6.45) is 2.63. The maximum Gasteiger partial charge on any atom is 0.328 e. The number of esters is 1. The molecule has 4 heteroatoms. The van der Waals surface area contributed by atoms with Crippen molar-refractivity contribution in [2.45, 2.75) is 19.4 Å². The molecule has 0 amide bonds. The Hall–Kier alpha value is -1.00. The van der Waals surface area contributed by atoms with E-state index in [-0.39, 0.29) is 5.97 Å². The van der Waals surface area contributed by atoms with E-state index < -0.39 is 6.04 Å². The van der Waals surface area contributed by atoms with Crippen LogP contribution in [0.15, 0.2) is 24.3 Å². The normalized spacial score (nSPS) is 12.2. The number of thioether (sulfide) groups is 1. The molecule has 0 bridgehead atoms. The molecule has 0 saturated heterocycles. The van der Waals surface area contributed by atoms with Crippen molar-refractivity contribution in [3.63, 3.8) is 0 Å². The van der Waals surface area contributed by atoms with Crippen molar-refractivity contribution < 1.29 is 9.53 Å². The Kier molecular flexibility index (Phi) is 5.35. The van der Waals surface area contributed by atoms with Crippen LogP contribution >= 0.6 is 11.8 Å². The minimum absolute atomic E-state index is 0.363. The van der Waals surface area contributed by atoms with Gasteiger partial charge < -0.3 is 10.5 Å². The highest BCUT2D eigenvalue weighted by Crippen LogP contribution is 2.12. The van der Waals surface area contributed by atoms with Crippen molar-refractivity contribution in [3.8, 4) is 5.75 Å². The summed E-state index contributed by atoms with van der Waals surface area (Å²) in [6.45, 7) is 1.98. The SMILES string of the molecule is CSCCC(N)C(=O)Oc1ccc(C)cc1. The summed E-state index contributed by atoms with van der Waals surface area (Å²) in [7, 11) is 0. The number of rotatable bonds is 5. The van der Waals surface area contributed by atoms with Crippen LogP contribution in [0, 0.1) is 6.92 Å². The molecule has 0 radical (unpaired) electrons. The predicted molar refractivity (Wildman–Crippen MR) is 67.8 cm³/mol. The first kappa shape index (κ1) is 13.1. The van der Waals surface area contributed by atoms with Crippen LogP contribution in [0.25, 0.3) is 0 Å². The fourth-order valence-electron chi connectivity index (χ4n) is 1.16. The van der Waals surface area contributed by atoms with E-state index in [1.54, 1.807) is 23.9 Å². The standard InChI is InChI=1S/C12H17NO2S/c1-9-3-5-10(6-4-9)15-12(14)11(13)7-8-16-2/h3-6,11H,7-8,13H2,1-2H3. The molecule has 88 valence electrons. The average molecular weight is 239 g/mol. The van der Waals surface area contributed by atoms with Gasteiger partial charge in [-0.1, -0.05) is 17.7 Å². The first-order valence-corrected chi connectivity index (χ1v) is 6.55. The third kappa shape index (κ3) is 4.24. The van der Waals surface area contributed by atoms with Crippen molar-refractivity contribution in [1.29, 1.82) is 0 Å². The molecule has 1 atom stereocenters. The lowest BCUT2D eigenvalue weighted by Crippen LogP contribution is -2.34. The summed E-state index contributed by atoms with van der Waals surface area (Å²) in [5.41, 5.74) is 6.82. The van der Waals surface area contributed by atoms with Crippen LogP contribution in [0.2, 0.25) is 0 Å². The van der Waals surface area contributed by atoms with Crippen LogP contribution in [0.4, 0.5) is 0 Å². The Morgan fingerprint density at radius 2 is 2.06 bits per heavy atom. The van der Waals surface area contributed by atoms with Crippen molar-refractivity contribution in [2.75, 3.05) is 12.0 Å². The van der Waals surface area contributed by atoms with E-state index in [1.807, 2.05) is 25.3 Å². The third-order valence-electron chi connectivity index (χ3n) is 2.18. The van der Waals surface area contributed by atoms with Gasteiger partial charge in [0.05, 0.1) is 0 Å². The van der Waals surface area contributed by atoms with E-state index in [2.05, 4.69) is 0 Å². The highest BCUT2D eigenvalue weighted by molar-refractivity contribution is 7.98. The molecule has 0 saturated carbocycles. The monoisotopic (exact) mass is 239 g/mol. The summed E-state index contributed by atoms with van der Waals surface area (Å²) < 4.78 is 5.16. The molecule has 0 aliphatic carbocycles. The van der Waals surface area contributed by atoms with E-state index in [1.165, 1.54) is 0 Å². The molecule has 16 heavy (non-hydrogen) atoms. The first-order chi connectivity index (χ1) is 7.63. The molecule has 3 nitrogen and oxygen atoms in total. The molecule has 1 aromatic rings. The molecule has 0 spiro atoms. The fraction of sp³-hybridized carbons (Fsp3) is 0.417. The summed E-state index contributed by atoms with van der Waals surface area (Å²) in [5.74, 6) is 1.05. The molecule has 0 aliphatic heterocycles. The maximum absolute atomic E-state index is 11.5. The fourth-order valence-corrected chi connectivity index (χ4v) is 1.65. The van der Waals surface area contributed by atoms with Crippen molar-refractivity contribution in [1.82, 2.24) is 0 Å². The minimum Gasteiger partial charge on any atom is -0.425 e. The summed E-state index contributed by atoms with van der Waals surface area (Å²) in [4.78, 5) is 11.5. The molecular formula is C12H17NO2S. The molecule has 0 fully saturated rings. The number of carbonyl (C=O) groups is 1. The van der Waals surface area contributed by atoms with Crippen molar-refractivity contribution in [3.05, 3.63) is 29.8 Å². The van der Waals surface area contributed by atoms with Crippen LogP contribution in [-0.2, 0) is 4.79 Å². The zero-order valence-corrected chi connectivity index (χ0v) is 10.4. The van der Waals surface area contributed by atoms with Gasteiger partial charge in [0, 0.05) is 0 Å². The van der Waals surface area contributed by atoms with Crippen LogP contribution in [0.1, 0.15) is 12.0 Å². The molecular weight excluding hydrogens is 222 g/mol. The van der Waals surface area contributed by atoms with E-state index in [4.69, 9.17) is 10.5 Å². The quantitative estimate of drug-likeness (QED) is 0.630. The van der Waals surface area contributed by atoms with E-state index >= 15 is 0 Å². The molecule has 1 rings (SSSR count). The zero-order valence-electron chi connectivity index (χ0n) is 9.60. The lowest BCUT2D eigenvalue weighted by molar-refractivity contribution is -0.135. The Morgan fingerprint density at radius 3 is 2.62 bits per heavy atom. The predicted octanol–water partition coefficient (Wildman–Crippen LogP) is 1.98. The lowest BCUT2D eigenvalue weighted by Gasteiger charge is -2.10. The second-order valence-electron chi connectivity index (χ2n) is 3.62. The lowest BCUT2D eigenvalue weighted by atomic mass is 10.2. The Balaban J connectivity index is 2.47. The molecule has 1 unspecified atom stereocenters. The van der Waals surface area contributed by atoms with E-state index in [0.29, 0.717) is 12.2 Å². The number of ether oxygens (including phenoxy) is 1. The average Bonchev–Trinajstić information content (AvgIpc) is 2.29. The maximum atomic E-state index is 11.5. The Morgan fingerprint density at radius 1 is 1.44 bits per heavy atom. The van der Waals surface area contributed by atoms with Gasteiger partial charge in [-0.25, -0.2) is 4.79 Å². The zero-order chi connectivity index (χ0) is 12.0. The second kappa shape index (κ2) is 6.55. The number of hydrogen-bond acceptors (Lipinski definition) is 4. The largest absolute Gasteiger partial charge is 0.425 e. The summed E-state index contributed by atoms with van der Waals surface area (Å²) in [6, 6.07) is 6.81. The highest BCUT2D eigenvalue weighted by Gasteiger charge is 2.15. The van der Waals surface area contributed by atoms with Crippen molar-refractivity contribution in [2.24, 2.45) is 5.73 Å². The molecule has 0 heterocycles. The first-order valence-electron chi connectivity index (χ1n) is 5.16. The third-order valence-corrected chi connectivity index (χ3v) is 2.82. The molecule has 1 aromatic carbocycles. The van der Waals surface area contributed by atoms with Crippen LogP contribution < -0.4 is 10.5 Å². The minimum atomic E-state index is -0.534. The van der Waals surface area contributed by atoms with Gasteiger partial charge in [0.2, 0.25) is 0 Å². The van der Waals surface area contributed by atoms with Crippen molar-refractivity contribution >= 4 is 17.7 Å². The van der Waals surface area contributed by atoms with Gasteiger partial charge in [-0.15, -0.1) is 0 Å². The van der Waals surface area contributed by atoms with Crippen LogP contribution in [-0.4, -0.2) is 24.0 Å². The van der Waals surface area contributed by atoms with Gasteiger partial charge >= 0.3 is 5.97 Å². The van der Waals surface area contributed by atoms with Gasteiger partial charge in [-0.3, -0.25) is 0 Å². The van der Waals surface area contributed by atoms with E-state index in [0.717, 1.165) is 11.3 Å². The Labute approximate surface area is 100 Å². The molecule has 0 aliphatic rings. The number of hydrogen-bond donors (Lipinski definition) is 1. The molecule has 2 N–H and O–H groups in total. The van der Waals surface area contributed by atoms with Gasteiger partial charge in [-0.2, -0.15) is 11.8 Å². The van der Waals surface area contributed by atoms with Gasteiger partial charge in [0.25, 0.3) is 0 Å². The Bertz CT molecular complexity index is 337. The second-order valence-corrected chi connectivity index (χ2v) is 4.61. The van der Waals surface area contributed by atoms with Gasteiger partial charge in [-0.05, 0) is 37.5 Å². The smallest absolute Gasteiger partial charge is 0.328 e. The van der Waals surface area contributed by atoms with Crippen LogP contribution in [0.3, 0.4) is 0 Å². The summed E-state index contributed by atoms with van der Waals surface area (Å²) >= 11 is 1.67. The van der Waals surface area contributed by atoms with Gasteiger partial charge in [0.15, 0.2) is 0 Å². The van der Waals surface area contributed by atoms with Gasteiger partial charge in [0.1, 0.15) is 11.8 Å². The number of aryl methyl sites for hydroxylation is 1. The number of nitrogens with two attached hydrogens (primary N) is 1. The molecule has 0 aromatic heterocycles. The van der Waals surface area contributed by atoms with Crippen LogP contribution in [0.5, 0.6) is 5.75 Å². The highest BCUT2D eigenvalue weighted by atomic mass is 32.2. The number of carbonyl (C=O) groups excluding carboxylic acids is 1. The van der Waals surface area contributed by atoms with E-state index in [9.17, 15) is 4.79 Å². The summed E-state index contributed by atoms with van der Waals surface area (Å²) in [5, 5.41) is 0. The topological polar surface area (TPSA) is 52.3 Å².